The number of ether oxygens (including phenoxy) is 2. The quantitative estimate of drug-likeness (QED) is 0.229. The Kier molecular flexibility index (Phi) is 11.6. The Labute approximate surface area is 223 Å². The number of hydrogen-bond acceptors (Lipinski definition) is 7. The minimum absolute atomic E-state index is 0.0572. The topological polar surface area (TPSA) is 137 Å². The van der Waals surface area contributed by atoms with Crippen LogP contribution in [0.5, 0.6) is 0 Å². The summed E-state index contributed by atoms with van der Waals surface area (Å²) in [4.78, 5) is 40.9. The zero-order chi connectivity index (χ0) is 27.3. The minimum Gasteiger partial charge on any atom is -0.445 e. The molecule has 0 aliphatic carbocycles. The zero-order valence-corrected chi connectivity index (χ0v) is 21.6. The first-order chi connectivity index (χ1) is 18.4. The van der Waals surface area contributed by atoms with Crippen molar-refractivity contribution in [2.75, 3.05) is 20.3 Å². The van der Waals surface area contributed by atoms with Crippen LogP contribution in [0.15, 0.2) is 60.7 Å². The summed E-state index contributed by atoms with van der Waals surface area (Å²) in [7, 11) is -0.198. The SMILES string of the molecule is COCCC[C@H](NC(=O)[C@@H]1CCCN1C(=O)C(Cc1ccccc1)NC(=O)OCc1ccccc1)B(O)O. The summed E-state index contributed by atoms with van der Waals surface area (Å²) in [6, 6.07) is 16.8. The van der Waals surface area contributed by atoms with Gasteiger partial charge >= 0.3 is 13.2 Å². The van der Waals surface area contributed by atoms with E-state index >= 15 is 0 Å². The molecule has 1 fully saturated rings. The van der Waals surface area contributed by atoms with Crippen molar-refractivity contribution in [3.63, 3.8) is 0 Å². The van der Waals surface area contributed by atoms with E-state index in [0.29, 0.717) is 38.8 Å². The first-order valence-electron chi connectivity index (χ1n) is 12.9. The molecule has 1 unspecified atom stereocenters. The number of carbonyl (C=O) groups is 3. The lowest BCUT2D eigenvalue weighted by molar-refractivity contribution is -0.140. The number of carbonyl (C=O) groups excluding carboxylic acids is 3. The van der Waals surface area contributed by atoms with Crippen molar-refractivity contribution >= 4 is 25.0 Å². The molecule has 10 nitrogen and oxygen atoms in total. The normalized spacial score (nSPS) is 16.4. The largest absolute Gasteiger partial charge is 0.475 e. The number of alkyl carbamates (subject to hydrolysis) is 1. The molecule has 2 aromatic rings. The summed E-state index contributed by atoms with van der Waals surface area (Å²) < 4.78 is 10.3. The van der Waals surface area contributed by atoms with Gasteiger partial charge in [0.05, 0.1) is 5.94 Å². The van der Waals surface area contributed by atoms with Crippen molar-refractivity contribution in [1.82, 2.24) is 15.5 Å². The molecule has 0 radical (unpaired) electrons. The Bertz CT molecular complexity index is 1030. The number of hydrogen-bond donors (Lipinski definition) is 4. The number of rotatable bonds is 13. The maximum atomic E-state index is 13.7. The van der Waals surface area contributed by atoms with Gasteiger partial charge in [-0.3, -0.25) is 9.59 Å². The Balaban J connectivity index is 1.69. The number of nitrogens with zero attached hydrogens (tertiary/aromatic N) is 1. The smallest absolute Gasteiger partial charge is 0.445 e. The molecule has 11 heteroatoms. The van der Waals surface area contributed by atoms with Crippen LogP contribution in [-0.4, -0.2) is 78.3 Å². The lowest BCUT2D eigenvalue weighted by Gasteiger charge is -2.30. The molecule has 2 aromatic carbocycles. The highest BCUT2D eigenvalue weighted by atomic mass is 16.5. The second kappa shape index (κ2) is 15.1. The van der Waals surface area contributed by atoms with Crippen LogP contribution in [0.1, 0.15) is 36.8 Å². The Morgan fingerprint density at radius 2 is 1.68 bits per heavy atom. The first-order valence-corrected chi connectivity index (χ1v) is 12.9. The fraction of sp³-hybridized carbons (Fsp3) is 0.444. The van der Waals surface area contributed by atoms with Crippen LogP contribution < -0.4 is 10.6 Å². The van der Waals surface area contributed by atoms with E-state index in [0.717, 1.165) is 11.1 Å². The molecule has 204 valence electrons. The fourth-order valence-corrected chi connectivity index (χ4v) is 4.48. The highest BCUT2D eigenvalue weighted by molar-refractivity contribution is 6.43. The maximum absolute atomic E-state index is 13.7. The van der Waals surface area contributed by atoms with E-state index in [2.05, 4.69) is 10.6 Å². The highest BCUT2D eigenvalue weighted by Crippen LogP contribution is 2.20. The van der Waals surface area contributed by atoms with E-state index in [4.69, 9.17) is 9.47 Å². The van der Waals surface area contributed by atoms with Crippen LogP contribution in [0.4, 0.5) is 4.79 Å². The average molecular weight is 525 g/mol. The van der Waals surface area contributed by atoms with Crippen LogP contribution in [0.3, 0.4) is 0 Å². The van der Waals surface area contributed by atoms with Crippen LogP contribution in [0.2, 0.25) is 0 Å². The van der Waals surface area contributed by atoms with Gasteiger partial charge in [0.1, 0.15) is 18.7 Å². The lowest BCUT2D eigenvalue weighted by Crippen LogP contribution is -2.56. The lowest BCUT2D eigenvalue weighted by atomic mass is 9.76. The monoisotopic (exact) mass is 525 g/mol. The molecular weight excluding hydrogens is 489 g/mol. The second-order valence-electron chi connectivity index (χ2n) is 9.30. The summed E-state index contributed by atoms with van der Waals surface area (Å²) in [6.07, 6.45) is 1.37. The van der Waals surface area contributed by atoms with Crippen LogP contribution in [0.25, 0.3) is 0 Å². The third kappa shape index (κ3) is 8.86. The van der Waals surface area contributed by atoms with Crippen molar-refractivity contribution < 1.29 is 33.9 Å². The molecule has 3 rings (SSSR count). The molecular formula is C27H36BN3O7. The Morgan fingerprint density at radius 1 is 1.03 bits per heavy atom. The number of likely N-dealkylation sites (tertiary alicyclic amines) is 1. The standard InChI is InChI=1S/C27H36BN3O7/c1-37-17-9-15-24(28(35)36)30-25(32)23-14-8-16-31(23)26(33)22(18-20-10-4-2-5-11-20)29-27(34)38-19-21-12-6-3-7-13-21/h2-7,10-13,22-24,35-36H,8-9,14-19H2,1H3,(H,29,34)(H,30,32)/t22?,23-,24-/m0/s1. The van der Waals surface area contributed by atoms with E-state index in [1.165, 1.54) is 4.90 Å². The van der Waals surface area contributed by atoms with Crippen molar-refractivity contribution in [2.45, 2.75) is 56.7 Å². The third-order valence-electron chi connectivity index (χ3n) is 6.48. The van der Waals surface area contributed by atoms with E-state index in [1.54, 1.807) is 7.11 Å². The van der Waals surface area contributed by atoms with Gasteiger partial charge in [0.2, 0.25) is 11.8 Å². The Hall–Kier alpha value is -3.41. The van der Waals surface area contributed by atoms with Gasteiger partial charge in [-0.05, 0) is 36.8 Å². The molecule has 3 atom stereocenters. The number of methoxy groups -OCH3 is 1. The average Bonchev–Trinajstić information content (AvgIpc) is 3.42. The molecule has 0 saturated carbocycles. The summed E-state index contributed by atoms with van der Waals surface area (Å²) in [5.74, 6) is -1.75. The van der Waals surface area contributed by atoms with E-state index < -0.39 is 43.1 Å². The molecule has 0 aromatic heterocycles. The number of benzene rings is 2. The molecule has 1 aliphatic heterocycles. The summed E-state index contributed by atoms with van der Waals surface area (Å²) in [5.41, 5.74) is 1.66. The van der Waals surface area contributed by atoms with Crippen molar-refractivity contribution in [2.24, 2.45) is 0 Å². The summed E-state index contributed by atoms with van der Waals surface area (Å²) in [5, 5.41) is 24.8. The third-order valence-corrected chi connectivity index (χ3v) is 6.48. The van der Waals surface area contributed by atoms with Crippen LogP contribution in [0, 0.1) is 0 Å². The van der Waals surface area contributed by atoms with Crippen molar-refractivity contribution in [1.29, 1.82) is 0 Å². The zero-order valence-electron chi connectivity index (χ0n) is 21.6. The van der Waals surface area contributed by atoms with Gasteiger partial charge < -0.3 is 35.1 Å². The van der Waals surface area contributed by atoms with Crippen LogP contribution >= 0.6 is 0 Å². The van der Waals surface area contributed by atoms with E-state index in [9.17, 15) is 24.4 Å². The number of amides is 3. The van der Waals surface area contributed by atoms with E-state index in [-0.39, 0.29) is 13.0 Å². The maximum Gasteiger partial charge on any atom is 0.475 e. The van der Waals surface area contributed by atoms with Crippen LogP contribution in [-0.2, 0) is 32.1 Å². The van der Waals surface area contributed by atoms with Crippen molar-refractivity contribution in [3.8, 4) is 0 Å². The molecule has 1 saturated heterocycles. The van der Waals surface area contributed by atoms with Gasteiger partial charge in [-0.1, -0.05) is 60.7 Å². The highest BCUT2D eigenvalue weighted by Gasteiger charge is 2.39. The van der Waals surface area contributed by atoms with Gasteiger partial charge in [0.15, 0.2) is 0 Å². The molecule has 0 spiro atoms. The van der Waals surface area contributed by atoms with Gasteiger partial charge in [0.25, 0.3) is 0 Å². The second-order valence-corrected chi connectivity index (χ2v) is 9.30. The van der Waals surface area contributed by atoms with Gasteiger partial charge in [0, 0.05) is 26.7 Å². The molecule has 3 amide bonds. The predicted octanol–water partition coefficient (Wildman–Crippen LogP) is 1.44. The van der Waals surface area contributed by atoms with Crippen molar-refractivity contribution in [3.05, 3.63) is 71.8 Å². The van der Waals surface area contributed by atoms with Gasteiger partial charge in [-0.15, -0.1) is 0 Å². The number of nitrogens with one attached hydrogen (secondary N) is 2. The molecule has 4 N–H and O–H groups in total. The first kappa shape index (κ1) is 29.2. The minimum atomic E-state index is -1.74. The molecule has 0 bridgehead atoms. The fourth-order valence-electron chi connectivity index (χ4n) is 4.48. The predicted molar refractivity (Wildman–Crippen MR) is 142 cm³/mol. The van der Waals surface area contributed by atoms with E-state index in [1.807, 2.05) is 60.7 Å². The van der Waals surface area contributed by atoms with Gasteiger partial charge in [-0.25, -0.2) is 4.79 Å². The van der Waals surface area contributed by atoms with Gasteiger partial charge in [-0.2, -0.15) is 0 Å². The molecule has 1 aliphatic rings. The summed E-state index contributed by atoms with van der Waals surface area (Å²) >= 11 is 0. The summed E-state index contributed by atoms with van der Waals surface area (Å²) in [6.45, 7) is 0.820. The molecule has 38 heavy (non-hydrogen) atoms. The Morgan fingerprint density at radius 3 is 2.32 bits per heavy atom. The molecule has 1 heterocycles.